The number of aromatic carboxylic acids is 1. The summed E-state index contributed by atoms with van der Waals surface area (Å²) >= 11 is 3.52. The summed E-state index contributed by atoms with van der Waals surface area (Å²) in [4.78, 5) is 25.0. The van der Waals surface area contributed by atoms with Crippen LogP contribution >= 0.6 is 15.9 Å². The zero-order valence-electron chi connectivity index (χ0n) is 21.4. The number of amides is 1. The highest BCUT2D eigenvalue weighted by atomic mass is 79.9. The van der Waals surface area contributed by atoms with E-state index in [1.165, 1.54) is 22.7 Å². The lowest BCUT2D eigenvalue weighted by Crippen LogP contribution is -2.22. The number of carbonyl (C=O) groups is 2. The minimum Gasteiger partial charge on any atom is -0.478 e. The molecule has 4 rings (SSSR count). The van der Waals surface area contributed by atoms with Gasteiger partial charge in [0.25, 0.3) is 5.91 Å². The summed E-state index contributed by atoms with van der Waals surface area (Å²) in [5.41, 5.74) is 3.51. The van der Waals surface area contributed by atoms with Crippen LogP contribution in [0.15, 0.2) is 81.9 Å². The van der Waals surface area contributed by atoms with Gasteiger partial charge in [0.2, 0.25) is 0 Å². The van der Waals surface area contributed by atoms with Gasteiger partial charge in [-0.25, -0.2) is 4.79 Å². The summed E-state index contributed by atoms with van der Waals surface area (Å²) in [6.45, 7) is 10.4. The van der Waals surface area contributed by atoms with Gasteiger partial charge in [-0.15, -0.1) is 0 Å². The molecule has 3 aromatic rings. The molecule has 0 fully saturated rings. The van der Waals surface area contributed by atoms with Crippen molar-refractivity contribution in [2.24, 2.45) is 11.0 Å². The first kappa shape index (κ1) is 26.4. The third-order valence-corrected chi connectivity index (χ3v) is 6.51. The predicted octanol–water partition coefficient (Wildman–Crippen LogP) is 7.68. The van der Waals surface area contributed by atoms with Gasteiger partial charge in [0.05, 0.1) is 22.5 Å². The smallest absolute Gasteiger partial charge is 0.335 e. The zero-order chi connectivity index (χ0) is 26.9. The van der Waals surface area contributed by atoms with Crippen molar-refractivity contribution in [3.05, 3.63) is 93.5 Å². The molecule has 0 saturated carbocycles. The molecule has 1 N–H and O–H groups in total. The number of anilines is 1. The Labute approximate surface area is 225 Å². The molecule has 6 nitrogen and oxygen atoms in total. The van der Waals surface area contributed by atoms with Crippen LogP contribution in [0, 0.1) is 5.92 Å². The van der Waals surface area contributed by atoms with Gasteiger partial charge < -0.3 is 9.84 Å². The van der Waals surface area contributed by atoms with Crippen LogP contribution in [0.2, 0.25) is 0 Å². The number of nitrogens with zero attached hydrogens (tertiary/aromatic N) is 2. The fourth-order valence-corrected chi connectivity index (χ4v) is 4.30. The van der Waals surface area contributed by atoms with E-state index in [9.17, 15) is 14.7 Å². The monoisotopic (exact) mass is 560 g/mol. The second-order valence-electron chi connectivity index (χ2n) is 10.2. The van der Waals surface area contributed by atoms with Gasteiger partial charge in [-0.05, 0) is 65.4 Å². The molecule has 0 bridgehead atoms. The quantitative estimate of drug-likeness (QED) is 0.313. The van der Waals surface area contributed by atoms with E-state index in [2.05, 4.69) is 53.9 Å². The molecular weight excluding hydrogens is 532 g/mol. The van der Waals surface area contributed by atoms with E-state index in [4.69, 9.17) is 4.74 Å². The molecule has 0 aliphatic carbocycles. The van der Waals surface area contributed by atoms with Crippen LogP contribution in [0.5, 0.6) is 11.5 Å². The second-order valence-corrected chi connectivity index (χ2v) is 11.1. The van der Waals surface area contributed by atoms with Gasteiger partial charge in [-0.1, -0.05) is 74.8 Å². The number of benzene rings is 3. The molecule has 1 aliphatic rings. The van der Waals surface area contributed by atoms with Crippen LogP contribution in [-0.2, 0) is 10.2 Å². The average Bonchev–Trinajstić information content (AvgIpc) is 3.17. The fourth-order valence-electron chi connectivity index (χ4n) is 3.96. The van der Waals surface area contributed by atoms with E-state index in [0.29, 0.717) is 28.5 Å². The summed E-state index contributed by atoms with van der Waals surface area (Å²) in [6.07, 6.45) is 1.79. The molecule has 1 amide bonds. The Morgan fingerprint density at radius 3 is 2.38 bits per heavy atom. The number of carboxylic acid groups (broad SMARTS) is 1. The highest BCUT2D eigenvalue weighted by Crippen LogP contribution is 2.34. The number of ether oxygens (including phenoxy) is 1. The first-order chi connectivity index (χ1) is 17.4. The predicted molar refractivity (Wildman–Crippen MR) is 150 cm³/mol. The van der Waals surface area contributed by atoms with Gasteiger partial charge in [0, 0.05) is 10.0 Å². The summed E-state index contributed by atoms with van der Waals surface area (Å²) < 4.78 is 7.09. The number of hydrogen-bond donors (Lipinski definition) is 1. The molecule has 190 valence electrons. The molecule has 1 heterocycles. The first-order valence-electron chi connectivity index (χ1n) is 12.0. The minimum atomic E-state index is -1.07. The minimum absolute atomic E-state index is 0.0346. The van der Waals surface area contributed by atoms with Gasteiger partial charge in [0.15, 0.2) is 0 Å². The molecule has 0 spiro atoms. The van der Waals surface area contributed by atoms with E-state index in [-0.39, 0.29) is 22.8 Å². The van der Waals surface area contributed by atoms with Crippen molar-refractivity contribution in [1.29, 1.82) is 0 Å². The summed E-state index contributed by atoms with van der Waals surface area (Å²) in [7, 11) is 0. The molecule has 0 atom stereocenters. The average molecular weight is 561 g/mol. The third kappa shape index (κ3) is 5.83. The molecule has 0 saturated heterocycles. The SMILES string of the molecule is CC(C)C1=NN(c2cccc(C(=O)O)c2)C(=O)/C1=C\c1ccc(Br)cc1Oc1ccc(C(C)(C)C)cc1. The highest BCUT2D eigenvalue weighted by molar-refractivity contribution is 9.10. The Hall–Kier alpha value is -3.71. The van der Waals surface area contributed by atoms with Gasteiger partial charge in [-0.3, -0.25) is 4.79 Å². The van der Waals surface area contributed by atoms with Crippen molar-refractivity contribution in [3.63, 3.8) is 0 Å². The summed E-state index contributed by atoms with van der Waals surface area (Å²) in [5.74, 6) is -0.146. The summed E-state index contributed by atoms with van der Waals surface area (Å²) in [5, 5.41) is 15.2. The van der Waals surface area contributed by atoms with Crippen molar-refractivity contribution in [3.8, 4) is 11.5 Å². The second kappa shape index (κ2) is 10.3. The number of rotatable bonds is 6. The molecule has 37 heavy (non-hydrogen) atoms. The van der Waals surface area contributed by atoms with Gasteiger partial charge >= 0.3 is 5.97 Å². The molecule has 1 aliphatic heterocycles. The van der Waals surface area contributed by atoms with Crippen LogP contribution < -0.4 is 9.75 Å². The Kier molecular flexibility index (Phi) is 7.37. The van der Waals surface area contributed by atoms with Gasteiger partial charge in [0.1, 0.15) is 11.5 Å². The van der Waals surface area contributed by atoms with Crippen LogP contribution in [0.3, 0.4) is 0 Å². The Morgan fingerprint density at radius 2 is 1.76 bits per heavy atom. The Balaban J connectivity index is 1.71. The van der Waals surface area contributed by atoms with E-state index in [0.717, 1.165) is 10.0 Å². The van der Waals surface area contributed by atoms with Crippen molar-refractivity contribution < 1.29 is 19.4 Å². The van der Waals surface area contributed by atoms with E-state index >= 15 is 0 Å². The standard InChI is InChI=1S/C30H29BrN2O4/c1-18(2)27-25(28(34)33(32-27)23-8-6-7-20(15-23)29(35)36)16-19-9-12-22(31)17-26(19)37-24-13-10-21(11-14-24)30(3,4)5/h6-18H,1-5H3,(H,35,36)/b25-16-. The van der Waals surface area contributed by atoms with E-state index in [1.807, 2.05) is 44.2 Å². The van der Waals surface area contributed by atoms with Gasteiger partial charge in [-0.2, -0.15) is 10.1 Å². The van der Waals surface area contributed by atoms with Crippen LogP contribution in [0.1, 0.15) is 56.1 Å². The zero-order valence-corrected chi connectivity index (χ0v) is 23.0. The lowest BCUT2D eigenvalue weighted by atomic mass is 9.87. The maximum atomic E-state index is 13.5. The van der Waals surface area contributed by atoms with Crippen molar-refractivity contribution >= 4 is 45.3 Å². The molecule has 3 aromatic carbocycles. The Morgan fingerprint density at radius 1 is 1.05 bits per heavy atom. The topological polar surface area (TPSA) is 79.2 Å². The van der Waals surface area contributed by atoms with Crippen LogP contribution in [0.4, 0.5) is 5.69 Å². The van der Waals surface area contributed by atoms with Crippen LogP contribution in [0.25, 0.3) is 6.08 Å². The lowest BCUT2D eigenvalue weighted by molar-refractivity contribution is -0.114. The highest BCUT2D eigenvalue weighted by Gasteiger charge is 2.33. The normalized spacial score (nSPS) is 14.9. The largest absolute Gasteiger partial charge is 0.478 e. The third-order valence-electron chi connectivity index (χ3n) is 6.01. The first-order valence-corrected chi connectivity index (χ1v) is 12.8. The molecule has 0 unspecified atom stereocenters. The van der Waals surface area contributed by atoms with Crippen LogP contribution in [-0.4, -0.2) is 22.7 Å². The lowest BCUT2D eigenvalue weighted by Gasteiger charge is -2.19. The fraction of sp³-hybridized carbons (Fsp3) is 0.233. The van der Waals surface area contributed by atoms with Crippen molar-refractivity contribution in [2.45, 2.75) is 40.0 Å². The van der Waals surface area contributed by atoms with E-state index in [1.54, 1.807) is 18.2 Å². The number of halogens is 1. The number of hydrazone groups is 1. The maximum absolute atomic E-state index is 13.5. The molecule has 0 radical (unpaired) electrons. The van der Waals surface area contributed by atoms with E-state index < -0.39 is 5.97 Å². The number of carboxylic acids is 1. The van der Waals surface area contributed by atoms with Crippen molar-refractivity contribution in [2.75, 3.05) is 5.01 Å². The molecular formula is C30H29BrN2O4. The number of hydrogen-bond acceptors (Lipinski definition) is 4. The number of carbonyl (C=O) groups excluding carboxylic acids is 1. The molecule has 0 aromatic heterocycles. The molecule has 7 heteroatoms. The maximum Gasteiger partial charge on any atom is 0.335 e. The Bertz CT molecular complexity index is 1420. The van der Waals surface area contributed by atoms with Crippen molar-refractivity contribution in [1.82, 2.24) is 0 Å². The summed E-state index contributed by atoms with van der Waals surface area (Å²) in [6, 6.07) is 19.8.